The van der Waals surface area contributed by atoms with Gasteiger partial charge in [-0.25, -0.2) is 0 Å². The number of hydrogen-bond acceptors (Lipinski definition) is 5. The first kappa shape index (κ1) is 21.3. The number of hydrogen-bond donors (Lipinski definition) is 3. The van der Waals surface area contributed by atoms with Crippen LogP contribution in [0.4, 0.5) is 0 Å². The molecular formula is C20H25N6O4+. The third kappa shape index (κ3) is 4.58. The van der Waals surface area contributed by atoms with Gasteiger partial charge in [-0.15, -0.1) is 0 Å². The summed E-state index contributed by atoms with van der Waals surface area (Å²) >= 11 is 0. The SMILES string of the molecule is N#Cc1ccc(C(=O)N2CCN(C(=O)C[NH3+])[C@H](C(=O)N[C@H]3CCCNC3=O)C2)cc1. The van der Waals surface area contributed by atoms with E-state index in [1.807, 2.05) is 6.07 Å². The molecule has 0 spiro atoms. The van der Waals surface area contributed by atoms with E-state index in [0.29, 0.717) is 24.1 Å². The van der Waals surface area contributed by atoms with E-state index in [4.69, 9.17) is 5.26 Å². The molecule has 0 aromatic heterocycles. The second-order valence-corrected chi connectivity index (χ2v) is 7.29. The van der Waals surface area contributed by atoms with Gasteiger partial charge in [-0.1, -0.05) is 0 Å². The number of piperidine rings is 1. The van der Waals surface area contributed by atoms with Crippen molar-refractivity contribution in [3.8, 4) is 6.07 Å². The number of amides is 4. The summed E-state index contributed by atoms with van der Waals surface area (Å²) in [5, 5.41) is 14.3. The van der Waals surface area contributed by atoms with Crippen molar-refractivity contribution < 1.29 is 24.9 Å². The topological polar surface area (TPSA) is 150 Å². The van der Waals surface area contributed by atoms with Gasteiger partial charge in [0.15, 0.2) is 6.54 Å². The van der Waals surface area contributed by atoms with Crippen molar-refractivity contribution >= 4 is 23.6 Å². The van der Waals surface area contributed by atoms with Gasteiger partial charge in [0.05, 0.1) is 18.2 Å². The van der Waals surface area contributed by atoms with Crippen molar-refractivity contribution in [3.05, 3.63) is 35.4 Å². The Kier molecular flexibility index (Phi) is 6.64. The molecule has 0 bridgehead atoms. The molecule has 2 saturated heterocycles. The predicted octanol–water partition coefficient (Wildman–Crippen LogP) is -2.15. The summed E-state index contributed by atoms with van der Waals surface area (Å²) in [7, 11) is 0. The first-order valence-corrected chi connectivity index (χ1v) is 9.91. The minimum atomic E-state index is -0.898. The molecule has 4 amide bonds. The lowest BCUT2D eigenvalue weighted by Crippen LogP contribution is -2.67. The Labute approximate surface area is 174 Å². The number of benzene rings is 1. The molecule has 158 valence electrons. The fourth-order valence-corrected chi connectivity index (χ4v) is 3.68. The van der Waals surface area contributed by atoms with Gasteiger partial charge in [0.2, 0.25) is 11.8 Å². The zero-order valence-electron chi connectivity index (χ0n) is 16.6. The van der Waals surface area contributed by atoms with Crippen molar-refractivity contribution in [1.29, 1.82) is 5.26 Å². The lowest BCUT2D eigenvalue weighted by Gasteiger charge is -2.40. The Balaban J connectivity index is 1.75. The quantitative estimate of drug-likeness (QED) is 0.514. The largest absolute Gasteiger partial charge is 0.354 e. The fourth-order valence-electron chi connectivity index (χ4n) is 3.68. The highest BCUT2D eigenvalue weighted by molar-refractivity contribution is 5.96. The van der Waals surface area contributed by atoms with Crippen molar-refractivity contribution in [2.24, 2.45) is 0 Å². The maximum atomic E-state index is 13.0. The smallest absolute Gasteiger partial charge is 0.278 e. The van der Waals surface area contributed by atoms with Gasteiger partial charge in [0.1, 0.15) is 12.1 Å². The number of nitrogens with one attached hydrogen (secondary N) is 2. The molecule has 0 unspecified atom stereocenters. The molecule has 3 rings (SSSR count). The first-order valence-electron chi connectivity index (χ1n) is 9.91. The van der Waals surface area contributed by atoms with Gasteiger partial charge in [-0.3, -0.25) is 19.2 Å². The Morgan fingerprint density at radius 3 is 2.60 bits per heavy atom. The van der Waals surface area contributed by atoms with Crippen LogP contribution >= 0.6 is 0 Å². The van der Waals surface area contributed by atoms with E-state index in [1.165, 1.54) is 9.80 Å². The zero-order chi connectivity index (χ0) is 21.7. The normalized spacial score (nSPS) is 21.4. The van der Waals surface area contributed by atoms with Crippen LogP contribution in [-0.2, 0) is 14.4 Å². The van der Waals surface area contributed by atoms with E-state index in [1.54, 1.807) is 24.3 Å². The minimum Gasteiger partial charge on any atom is -0.354 e. The predicted molar refractivity (Wildman–Crippen MR) is 104 cm³/mol. The van der Waals surface area contributed by atoms with Crippen LogP contribution in [0.3, 0.4) is 0 Å². The van der Waals surface area contributed by atoms with E-state index in [9.17, 15) is 19.2 Å². The highest BCUT2D eigenvalue weighted by Crippen LogP contribution is 2.15. The first-order chi connectivity index (χ1) is 14.4. The van der Waals surface area contributed by atoms with Gasteiger partial charge >= 0.3 is 0 Å². The van der Waals surface area contributed by atoms with E-state index in [-0.39, 0.29) is 43.9 Å². The average molecular weight is 413 g/mol. The number of nitriles is 1. The molecule has 2 aliphatic heterocycles. The number of piperazine rings is 1. The molecule has 0 aliphatic carbocycles. The van der Waals surface area contributed by atoms with E-state index >= 15 is 0 Å². The van der Waals surface area contributed by atoms with Crippen LogP contribution < -0.4 is 16.4 Å². The number of nitrogens with zero attached hydrogens (tertiary/aromatic N) is 3. The number of rotatable bonds is 4. The van der Waals surface area contributed by atoms with Crippen LogP contribution in [0, 0.1) is 11.3 Å². The van der Waals surface area contributed by atoms with Gasteiger partial charge in [0.25, 0.3) is 11.8 Å². The molecule has 1 aromatic rings. The molecule has 5 N–H and O–H groups in total. The fraction of sp³-hybridized carbons (Fsp3) is 0.450. The third-order valence-electron chi connectivity index (χ3n) is 5.37. The Bertz CT molecular complexity index is 878. The van der Waals surface area contributed by atoms with Crippen LogP contribution in [0.25, 0.3) is 0 Å². The number of carbonyl (C=O) groups is 4. The van der Waals surface area contributed by atoms with Gasteiger partial charge in [-0.05, 0) is 37.1 Å². The molecule has 30 heavy (non-hydrogen) atoms. The molecule has 10 heteroatoms. The van der Waals surface area contributed by atoms with Crippen LogP contribution in [0.2, 0.25) is 0 Å². The summed E-state index contributed by atoms with van der Waals surface area (Å²) in [6.45, 7) is 1.07. The second kappa shape index (κ2) is 9.37. The molecular weight excluding hydrogens is 388 g/mol. The molecule has 2 heterocycles. The highest BCUT2D eigenvalue weighted by atomic mass is 16.2. The maximum Gasteiger partial charge on any atom is 0.278 e. The summed E-state index contributed by atoms with van der Waals surface area (Å²) in [5.74, 6) is -1.27. The summed E-state index contributed by atoms with van der Waals surface area (Å²) in [6, 6.07) is 6.70. The lowest BCUT2D eigenvalue weighted by molar-refractivity contribution is -0.357. The summed E-state index contributed by atoms with van der Waals surface area (Å²) in [5.41, 5.74) is 4.45. The monoisotopic (exact) mass is 413 g/mol. The van der Waals surface area contributed by atoms with E-state index in [0.717, 1.165) is 6.42 Å². The van der Waals surface area contributed by atoms with Gasteiger partial charge in [-0.2, -0.15) is 5.26 Å². The Hall–Kier alpha value is -3.45. The van der Waals surface area contributed by atoms with Crippen LogP contribution in [0.1, 0.15) is 28.8 Å². The van der Waals surface area contributed by atoms with Crippen LogP contribution in [0.15, 0.2) is 24.3 Å². The van der Waals surface area contributed by atoms with Crippen molar-refractivity contribution in [1.82, 2.24) is 20.4 Å². The Morgan fingerprint density at radius 1 is 1.23 bits per heavy atom. The van der Waals surface area contributed by atoms with Crippen molar-refractivity contribution in [2.75, 3.05) is 32.7 Å². The van der Waals surface area contributed by atoms with Crippen molar-refractivity contribution in [3.63, 3.8) is 0 Å². The molecule has 2 atom stereocenters. The van der Waals surface area contributed by atoms with Gasteiger partial charge in [0, 0.05) is 25.2 Å². The molecule has 2 fully saturated rings. The van der Waals surface area contributed by atoms with Crippen LogP contribution in [-0.4, -0.2) is 78.2 Å². The number of quaternary nitrogens is 1. The second-order valence-electron chi connectivity index (χ2n) is 7.29. The van der Waals surface area contributed by atoms with Crippen LogP contribution in [0.5, 0.6) is 0 Å². The van der Waals surface area contributed by atoms with E-state index in [2.05, 4.69) is 16.4 Å². The maximum absolute atomic E-state index is 13.0. The Morgan fingerprint density at radius 2 is 1.97 bits per heavy atom. The lowest BCUT2D eigenvalue weighted by atomic mass is 10.0. The minimum absolute atomic E-state index is 0.00272. The summed E-state index contributed by atoms with van der Waals surface area (Å²) < 4.78 is 0. The average Bonchev–Trinajstić information content (AvgIpc) is 2.79. The molecule has 0 radical (unpaired) electrons. The summed E-state index contributed by atoms with van der Waals surface area (Å²) in [6.07, 6.45) is 1.29. The standard InChI is InChI=1S/C20H24N6O4/c21-10-13-3-5-14(6-4-13)20(30)25-8-9-26(17(27)11-22)16(12-25)19(29)24-15-2-1-7-23-18(15)28/h3-6,15-16H,1-2,7-9,11-12,22H2,(H,23,28)(H,24,29)/p+1/t15-,16-/m0/s1. The number of carbonyl (C=O) groups excluding carboxylic acids is 4. The van der Waals surface area contributed by atoms with E-state index < -0.39 is 18.0 Å². The van der Waals surface area contributed by atoms with Crippen molar-refractivity contribution in [2.45, 2.75) is 24.9 Å². The zero-order valence-corrected chi connectivity index (χ0v) is 16.6. The third-order valence-corrected chi connectivity index (χ3v) is 5.37. The molecule has 2 aliphatic rings. The molecule has 1 aromatic carbocycles. The van der Waals surface area contributed by atoms with Gasteiger partial charge < -0.3 is 26.2 Å². The molecule has 10 nitrogen and oxygen atoms in total. The highest BCUT2D eigenvalue weighted by Gasteiger charge is 2.38. The molecule has 0 saturated carbocycles. The summed E-state index contributed by atoms with van der Waals surface area (Å²) in [4.78, 5) is 53.1.